The molecule has 54 valence electrons. The first-order valence-corrected chi connectivity index (χ1v) is 4.92. The second-order valence-corrected chi connectivity index (χ2v) is 3.70. The van der Waals surface area contributed by atoms with Crippen LogP contribution >= 0.6 is 37.0 Å². The minimum atomic E-state index is 0.988. The molecule has 0 atom stereocenters. The highest BCUT2D eigenvalue weighted by Crippen LogP contribution is 2.25. The minimum absolute atomic E-state index is 0.988. The van der Waals surface area contributed by atoms with Gasteiger partial charge in [-0.3, -0.25) is 0 Å². The highest BCUT2D eigenvalue weighted by molar-refractivity contribution is 7.99. The molecule has 0 unspecified atom stereocenters. The number of thiol groups is 2. The van der Waals surface area contributed by atoms with Crippen LogP contribution in [-0.4, -0.2) is 6.26 Å². The van der Waals surface area contributed by atoms with Gasteiger partial charge in [0.15, 0.2) is 0 Å². The van der Waals surface area contributed by atoms with Gasteiger partial charge < -0.3 is 0 Å². The Hall–Kier alpha value is 0.270. The fourth-order valence-electron chi connectivity index (χ4n) is 0.666. The molecule has 0 aliphatic carbocycles. The SMILES string of the molecule is CSc1cc(S)ccc1S. The van der Waals surface area contributed by atoms with E-state index in [0.717, 1.165) is 9.79 Å². The summed E-state index contributed by atoms with van der Waals surface area (Å²) in [5.41, 5.74) is 0. The quantitative estimate of drug-likeness (QED) is 0.504. The van der Waals surface area contributed by atoms with Crippen molar-refractivity contribution in [3.05, 3.63) is 18.2 Å². The van der Waals surface area contributed by atoms with Gasteiger partial charge in [-0.15, -0.1) is 37.0 Å². The largest absolute Gasteiger partial charge is 0.143 e. The summed E-state index contributed by atoms with van der Waals surface area (Å²) in [6.45, 7) is 0. The van der Waals surface area contributed by atoms with E-state index in [1.54, 1.807) is 11.8 Å². The Labute approximate surface area is 76.2 Å². The van der Waals surface area contributed by atoms with Crippen LogP contribution in [0.1, 0.15) is 0 Å². The van der Waals surface area contributed by atoms with Crippen LogP contribution in [0.3, 0.4) is 0 Å². The molecule has 0 radical (unpaired) electrons. The van der Waals surface area contributed by atoms with Crippen molar-refractivity contribution in [1.29, 1.82) is 0 Å². The molecule has 1 aromatic rings. The van der Waals surface area contributed by atoms with Crippen molar-refractivity contribution in [1.82, 2.24) is 0 Å². The number of hydrogen-bond acceptors (Lipinski definition) is 3. The first kappa shape index (κ1) is 8.37. The molecule has 0 fully saturated rings. The van der Waals surface area contributed by atoms with Crippen LogP contribution in [0.5, 0.6) is 0 Å². The van der Waals surface area contributed by atoms with Crippen LogP contribution in [0.4, 0.5) is 0 Å². The van der Waals surface area contributed by atoms with Crippen molar-refractivity contribution in [2.75, 3.05) is 6.26 Å². The topological polar surface area (TPSA) is 0 Å². The van der Waals surface area contributed by atoms with E-state index in [4.69, 9.17) is 0 Å². The van der Waals surface area contributed by atoms with E-state index in [2.05, 4.69) is 25.3 Å². The predicted molar refractivity (Wildman–Crippen MR) is 52.7 cm³/mol. The Morgan fingerprint density at radius 2 is 2.00 bits per heavy atom. The van der Waals surface area contributed by atoms with Crippen LogP contribution in [0.2, 0.25) is 0 Å². The zero-order valence-corrected chi connectivity index (χ0v) is 8.14. The lowest BCUT2D eigenvalue weighted by atomic mass is 10.4. The first-order valence-electron chi connectivity index (χ1n) is 2.80. The zero-order chi connectivity index (χ0) is 7.56. The second-order valence-electron chi connectivity index (χ2n) is 1.86. The van der Waals surface area contributed by atoms with Gasteiger partial charge in [-0.05, 0) is 24.5 Å². The lowest BCUT2D eigenvalue weighted by Gasteiger charge is -2.00. The van der Waals surface area contributed by atoms with Crippen LogP contribution in [0, 0.1) is 0 Å². The molecule has 0 aliphatic heterocycles. The fourth-order valence-corrected chi connectivity index (χ4v) is 1.89. The van der Waals surface area contributed by atoms with Crippen LogP contribution in [-0.2, 0) is 0 Å². The summed E-state index contributed by atoms with van der Waals surface area (Å²) in [5.74, 6) is 0. The smallest absolute Gasteiger partial charge is 0.0214 e. The van der Waals surface area contributed by atoms with Crippen molar-refractivity contribution in [2.24, 2.45) is 0 Å². The van der Waals surface area contributed by atoms with E-state index in [0.29, 0.717) is 0 Å². The molecule has 0 amide bonds. The third kappa shape index (κ3) is 1.87. The average molecular weight is 188 g/mol. The predicted octanol–water partition coefficient (Wildman–Crippen LogP) is 2.99. The molecular formula is C7H8S3. The van der Waals surface area contributed by atoms with Crippen molar-refractivity contribution in [3.63, 3.8) is 0 Å². The fraction of sp³-hybridized carbons (Fsp3) is 0.143. The normalized spacial score (nSPS) is 9.90. The van der Waals surface area contributed by atoms with Gasteiger partial charge in [0, 0.05) is 14.7 Å². The maximum absolute atomic E-state index is 4.27. The van der Waals surface area contributed by atoms with Crippen molar-refractivity contribution >= 4 is 37.0 Å². The number of benzene rings is 1. The van der Waals surface area contributed by atoms with Crippen LogP contribution in [0.25, 0.3) is 0 Å². The van der Waals surface area contributed by atoms with Gasteiger partial charge in [-0.1, -0.05) is 0 Å². The summed E-state index contributed by atoms with van der Waals surface area (Å²) >= 11 is 10.2. The minimum Gasteiger partial charge on any atom is -0.143 e. The van der Waals surface area contributed by atoms with E-state index < -0.39 is 0 Å². The van der Waals surface area contributed by atoms with Gasteiger partial charge in [0.25, 0.3) is 0 Å². The highest BCUT2D eigenvalue weighted by Gasteiger charge is 1.95. The molecule has 0 spiro atoms. The summed E-state index contributed by atoms with van der Waals surface area (Å²) in [6, 6.07) is 5.90. The van der Waals surface area contributed by atoms with Crippen LogP contribution in [0.15, 0.2) is 32.9 Å². The standard InChI is InChI=1S/C7H8S3/c1-10-7-4-5(8)2-3-6(7)9/h2-4,8-9H,1H3. The Balaban J connectivity index is 3.09. The summed E-state index contributed by atoms with van der Waals surface area (Å²) < 4.78 is 0. The van der Waals surface area contributed by atoms with Crippen molar-refractivity contribution in [3.8, 4) is 0 Å². The Bertz CT molecular complexity index is 232. The van der Waals surface area contributed by atoms with E-state index >= 15 is 0 Å². The Morgan fingerprint density at radius 1 is 1.30 bits per heavy atom. The maximum Gasteiger partial charge on any atom is 0.0214 e. The Kier molecular flexibility index (Phi) is 3.01. The van der Waals surface area contributed by atoms with Gasteiger partial charge in [-0.2, -0.15) is 0 Å². The van der Waals surface area contributed by atoms with E-state index in [1.807, 2.05) is 24.5 Å². The molecule has 1 rings (SSSR count). The third-order valence-electron chi connectivity index (χ3n) is 1.16. The summed E-state index contributed by atoms with van der Waals surface area (Å²) in [4.78, 5) is 3.18. The van der Waals surface area contributed by atoms with E-state index in [-0.39, 0.29) is 0 Å². The van der Waals surface area contributed by atoms with Gasteiger partial charge in [0.05, 0.1) is 0 Å². The Morgan fingerprint density at radius 3 is 2.50 bits per heavy atom. The van der Waals surface area contributed by atoms with Gasteiger partial charge in [-0.25, -0.2) is 0 Å². The second kappa shape index (κ2) is 3.60. The third-order valence-corrected chi connectivity index (χ3v) is 2.76. The molecule has 10 heavy (non-hydrogen) atoms. The molecule has 3 heteroatoms. The van der Waals surface area contributed by atoms with Gasteiger partial charge in [0.1, 0.15) is 0 Å². The molecule has 1 aromatic carbocycles. The molecule has 0 heterocycles. The molecular weight excluding hydrogens is 180 g/mol. The monoisotopic (exact) mass is 188 g/mol. The van der Waals surface area contributed by atoms with Gasteiger partial charge in [0.2, 0.25) is 0 Å². The first-order chi connectivity index (χ1) is 4.74. The summed E-state index contributed by atoms with van der Waals surface area (Å²) in [6.07, 6.45) is 2.03. The van der Waals surface area contributed by atoms with E-state index in [1.165, 1.54) is 4.90 Å². The average Bonchev–Trinajstić information content (AvgIpc) is 1.94. The highest BCUT2D eigenvalue weighted by atomic mass is 32.2. The molecule has 0 bridgehead atoms. The zero-order valence-electron chi connectivity index (χ0n) is 5.53. The van der Waals surface area contributed by atoms with Crippen molar-refractivity contribution in [2.45, 2.75) is 14.7 Å². The van der Waals surface area contributed by atoms with Gasteiger partial charge >= 0.3 is 0 Å². The lowest BCUT2D eigenvalue weighted by Crippen LogP contribution is -1.73. The summed E-state index contributed by atoms with van der Waals surface area (Å²) in [7, 11) is 0. The summed E-state index contributed by atoms with van der Waals surface area (Å²) in [5, 5.41) is 0. The molecule has 0 saturated heterocycles. The molecule has 0 aromatic heterocycles. The molecule has 0 N–H and O–H groups in total. The van der Waals surface area contributed by atoms with E-state index in [9.17, 15) is 0 Å². The molecule has 0 aliphatic rings. The molecule has 0 saturated carbocycles. The maximum atomic E-state index is 4.27. The number of rotatable bonds is 1. The molecule has 0 nitrogen and oxygen atoms in total. The van der Waals surface area contributed by atoms with Crippen molar-refractivity contribution < 1.29 is 0 Å². The van der Waals surface area contributed by atoms with Crippen LogP contribution < -0.4 is 0 Å². The number of hydrogen-bond donors (Lipinski definition) is 2. The lowest BCUT2D eigenvalue weighted by molar-refractivity contribution is 1.20. The number of thioether (sulfide) groups is 1.